The van der Waals surface area contributed by atoms with Crippen molar-refractivity contribution in [2.24, 2.45) is 0 Å². The quantitative estimate of drug-likeness (QED) is 0.692. The second-order valence-corrected chi connectivity index (χ2v) is 3.12. The maximum Gasteiger partial charge on any atom is 0.216 e. The topological polar surface area (TPSA) is 43.4 Å². The molecule has 0 aromatic carbocycles. The van der Waals surface area contributed by atoms with Crippen LogP contribution >= 0.6 is 0 Å². The normalized spacial score (nSPS) is 10.0. The van der Waals surface area contributed by atoms with E-state index in [9.17, 15) is 0 Å². The van der Waals surface area contributed by atoms with Crippen molar-refractivity contribution in [3.63, 3.8) is 0 Å². The summed E-state index contributed by atoms with van der Waals surface area (Å²) in [5, 5.41) is 3.25. The zero-order valence-electron chi connectivity index (χ0n) is 9.32. The number of aromatic nitrogens is 1. The molecule has 0 atom stereocenters. The van der Waals surface area contributed by atoms with Gasteiger partial charge in [0.05, 0.1) is 7.11 Å². The lowest BCUT2D eigenvalue weighted by molar-refractivity contribution is 0.295. The fraction of sp³-hybridized carbons (Fsp3) is 0.545. The van der Waals surface area contributed by atoms with Gasteiger partial charge in [0.25, 0.3) is 0 Å². The second kappa shape index (κ2) is 7.06. The lowest BCUT2D eigenvalue weighted by Gasteiger charge is -2.06. The Morgan fingerprint density at radius 2 is 2.07 bits per heavy atom. The smallest absolute Gasteiger partial charge is 0.216 e. The van der Waals surface area contributed by atoms with Crippen LogP contribution in [0.1, 0.15) is 13.3 Å². The Labute approximate surface area is 90.6 Å². The van der Waals surface area contributed by atoms with E-state index in [0.29, 0.717) is 18.4 Å². The number of rotatable bonds is 7. The van der Waals surface area contributed by atoms with Gasteiger partial charge in [0, 0.05) is 18.7 Å². The van der Waals surface area contributed by atoms with Crippen LogP contribution in [-0.2, 0) is 0 Å². The van der Waals surface area contributed by atoms with Crippen LogP contribution < -0.4 is 14.8 Å². The van der Waals surface area contributed by atoms with Gasteiger partial charge in [-0.2, -0.15) is 4.98 Å². The van der Waals surface area contributed by atoms with Crippen molar-refractivity contribution in [2.45, 2.75) is 13.3 Å². The molecule has 0 aliphatic heterocycles. The molecule has 0 aliphatic carbocycles. The molecular weight excluding hydrogens is 192 g/mol. The molecule has 1 N–H and O–H groups in total. The molecule has 0 spiro atoms. The first-order valence-corrected chi connectivity index (χ1v) is 5.21. The summed E-state index contributed by atoms with van der Waals surface area (Å²) in [6, 6.07) is 5.48. The molecule has 15 heavy (non-hydrogen) atoms. The Balaban J connectivity index is 2.24. The molecule has 0 unspecified atom stereocenters. The molecule has 4 heteroatoms. The average molecular weight is 210 g/mol. The molecule has 0 aliphatic rings. The largest absolute Gasteiger partial charge is 0.481 e. The standard InChI is InChI=1S/C11H18N2O2/c1-3-7-12-8-9-15-11-6-4-5-10(13-11)14-2/h4-6,12H,3,7-9H2,1-2H3. The van der Waals surface area contributed by atoms with Crippen LogP contribution in [0.3, 0.4) is 0 Å². The van der Waals surface area contributed by atoms with Gasteiger partial charge in [-0.3, -0.25) is 0 Å². The van der Waals surface area contributed by atoms with E-state index in [4.69, 9.17) is 9.47 Å². The molecule has 0 saturated carbocycles. The SMILES string of the molecule is CCCNCCOc1cccc(OC)n1. The van der Waals surface area contributed by atoms with Crippen LogP contribution in [0.4, 0.5) is 0 Å². The number of hydrogen-bond donors (Lipinski definition) is 1. The second-order valence-electron chi connectivity index (χ2n) is 3.12. The average Bonchev–Trinajstić information content (AvgIpc) is 2.29. The highest BCUT2D eigenvalue weighted by Crippen LogP contribution is 2.12. The van der Waals surface area contributed by atoms with Crippen LogP contribution in [0.5, 0.6) is 11.8 Å². The van der Waals surface area contributed by atoms with E-state index in [1.165, 1.54) is 0 Å². The lowest BCUT2D eigenvalue weighted by atomic mass is 10.4. The van der Waals surface area contributed by atoms with Gasteiger partial charge < -0.3 is 14.8 Å². The molecule has 0 saturated heterocycles. The summed E-state index contributed by atoms with van der Waals surface area (Å²) >= 11 is 0. The van der Waals surface area contributed by atoms with Gasteiger partial charge in [0.2, 0.25) is 11.8 Å². The molecule has 0 fully saturated rings. The predicted molar refractivity (Wildman–Crippen MR) is 59.4 cm³/mol. The first-order valence-electron chi connectivity index (χ1n) is 5.21. The van der Waals surface area contributed by atoms with E-state index in [1.807, 2.05) is 12.1 Å². The van der Waals surface area contributed by atoms with Crippen LogP contribution in [0, 0.1) is 0 Å². The molecular formula is C11H18N2O2. The molecule has 84 valence electrons. The number of methoxy groups -OCH3 is 1. The molecule has 1 heterocycles. The molecule has 4 nitrogen and oxygen atoms in total. The van der Waals surface area contributed by atoms with Gasteiger partial charge in [-0.25, -0.2) is 0 Å². The highest BCUT2D eigenvalue weighted by atomic mass is 16.5. The summed E-state index contributed by atoms with van der Waals surface area (Å²) in [7, 11) is 1.59. The van der Waals surface area contributed by atoms with Crippen molar-refractivity contribution in [3.05, 3.63) is 18.2 Å². The van der Waals surface area contributed by atoms with Crippen molar-refractivity contribution >= 4 is 0 Å². The predicted octanol–water partition coefficient (Wildman–Crippen LogP) is 1.47. The number of nitrogens with one attached hydrogen (secondary N) is 1. The summed E-state index contributed by atoms with van der Waals surface area (Å²) in [6.45, 7) is 4.62. The first-order chi connectivity index (χ1) is 7.36. The summed E-state index contributed by atoms with van der Waals surface area (Å²) in [6.07, 6.45) is 1.14. The Bertz CT molecular complexity index is 279. The fourth-order valence-corrected chi connectivity index (χ4v) is 1.12. The van der Waals surface area contributed by atoms with E-state index in [0.717, 1.165) is 19.5 Å². The molecule has 1 aromatic heterocycles. The van der Waals surface area contributed by atoms with E-state index in [1.54, 1.807) is 13.2 Å². The van der Waals surface area contributed by atoms with Crippen molar-refractivity contribution in [1.29, 1.82) is 0 Å². The highest BCUT2D eigenvalue weighted by molar-refractivity contribution is 5.19. The maximum atomic E-state index is 5.44. The minimum atomic E-state index is 0.578. The Morgan fingerprint density at radius 3 is 2.80 bits per heavy atom. The number of ether oxygens (including phenoxy) is 2. The summed E-state index contributed by atoms with van der Waals surface area (Å²) in [5.41, 5.74) is 0. The first kappa shape index (κ1) is 11.8. The Hall–Kier alpha value is -1.29. The summed E-state index contributed by atoms with van der Waals surface area (Å²) in [4.78, 5) is 4.14. The van der Waals surface area contributed by atoms with E-state index in [2.05, 4.69) is 17.2 Å². The molecule has 1 aromatic rings. The molecule has 0 bridgehead atoms. The Morgan fingerprint density at radius 1 is 1.27 bits per heavy atom. The summed E-state index contributed by atoms with van der Waals surface area (Å²) < 4.78 is 10.4. The van der Waals surface area contributed by atoms with E-state index >= 15 is 0 Å². The fourth-order valence-electron chi connectivity index (χ4n) is 1.12. The van der Waals surface area contributed by atoms with Crippen LogP contribution in [0.15, 0.2) is 18.2 Å². The zero-order chi connectivity index (χ0) is 10.9. The van der Waals surface area contributed by atoms with Gasteiger partial charge in [-0.1, -0.05) is 13.0 Å². The molecule has 1 rings (SSSR count). The van der Waals surface area contributed by atoms with Crippen molar-refractivity contribution in [2.75, 3.05) is 26.8 Å². The third-order valence-electron chi connectivity index (χ3n) is 1.86. The minimum Gasteiger partial charge on any atom is -0.481 e. The van der Waals surface area contributed by atoms with Crippen LogP contribution in [0.2, 0.25) is 0 Å². The van der Waals surface area contributed by atoms with Crippen molar-refractivity contribution < 1.29 is 9.47 Å². The molecule has 0 radical (unpaired) electrons. The Kier molecular flexibility index (Phi) is 5.55. The monoisotopic (exact) mass is 210 g/mol. The molecule has 0 amide bonds. The van der Waals surface area contributed by atoms with Crippen molar-refractivity contribution in [3.8, 4) is 11.8 Å². The van der Waals surface area contributed by atoms with Crippen LogP contribution in [-0.4, -0.2) is 31.8 Å². The van der Waals surface area contributed by atoms with Gasteiger partial charge in [-0.15, -0.1) is 0 Å². The minimum absolute atomic E-state index is 0.578. The highest BCUT2D eigenvalue weighted by Gasteiger charge is 1.97. The lowest BCUT2D eigenvalue weighted by Crippen LogP contribution is -2.21. The van der Waals surface area contributed by atoms with Gasteiger partial charge >= 0.3 is 0 Å². The number of hydrogen-bond acceptors (Lipinski definition) is 4. The van der Waals surface area contributed by atoms with Crippen molar-refractivity contribution in [1.82, 2.24) is 10.3 Å². The number of nitrogens with zero attached hydrogens (tertiary/aromatic N) is 1. The van der Waals surface area contributed by atoms with Crippen LogP contribution in [0.25, 0.3) is 0 Å². The van der Waals surface area contributed by atoms with Gasteiger partial charge in [-0.05, 0) is 13.0 Å². The van der Waals surface area contributed by atoms with Gasteiger partial charge in [0.1, 0.15) is 6.61 Å². The van der Waals surface area contributed by atoms with E-state index in [-0.39, 0.29) is 0 Å². The number of pyridine rings is 1. The third kappa shape index (κ3) is 4.65. The third-order valence-corrected chi connectivity index (χ3v) is 1.86. The van der Waals surface area contributed by atoms with E-state index < -0.39 is 0 Å². The zero-order valence-corrected chi connectivity index (χ0v) is 9.32. The maximum absolute atomic E-state index is 5.44. The van der Waals surface area contributed by atoms with Gasteiger partial charge in [0.15, 0.2) is 0 Å². The summed E-state index contributed by atoms with van der Waals surface area (Å²) in [5.74, 6) is 1.18.